The van der Waals surface area contributed by atoms with Crippen molar-refractivity contribution in [3.8, 4) is 5.75 Å². The Labute approximate surface area is 266 Å². The van der Waals surface area contributed by atoms with Crippen LogP contribution in [-0.4, -0.2) is 50.5 Å². The molecule has 2 saturated carbocycles. The number of ether oxygens (including phenoxy) is 1. The number of aliphatic hydroxyl groups is 1. The second kappa shape index (κ2) is 11.7. The predicted molar refractivity (Wildman–Crippen MR) is 173 cm³/mol. The largest absolute Gasteiger partial charge is 0.490 e. The number of anilines is 1. The molecule has 2 aliphatic heterocycles. The number of benzene rings is 2. The van der Waals surface area contributed by atoms with E-state index in [0.29, 0.717) is 43.2 Å². The number of sulfonamides is 1. The molecule has 0 saturated heterocycles. The van der Waals surface area contributed by atoms with Gasteiger partial charge in [-0.25, -0.2) is 13.1 Å². The zero-order valence-corrected chi connectivity index (χ0v) is 27.0. The molecule has 9 heteroatoms. The molecule has 2 aromatic rings. The van der Waals surface area contributed by atoms with Gasteiger partial charge in [0.05, 0.1) is 23.6 Å². The van der Waals surface area contributed by atoms with Crippen molar-refractivity contribution in [1.82, 2.24) is 4.72 Å². The average molecular weight is 639 g/mol. The quantitative estimate of drug-likeness (QED) is 0.391. The Bertz CT molecular complexity index is 1570. The summed E-state index contributed by atoms with van der Waals surface area (Å²) in [6, 6.07) is 11.5. The van der Waals surface area contributed by atoms with Gasteiger partial charge in [0.15, 0.2) is 0 Å². The van der Waals surface area contributed by atoms with E-state index in [1.54, 1.807) is 12.1 Å². The van der Waals surface area contributed by atoms with Gasteiger partial charge in [0.2, 0.25) is 10.0 Å². The third-order valence-corrected chi connectivity index (χ3v) is 13.2. The number of allylic oxidation sites excluding steroid dienone is 1. The molecule has 1 amide bonds. The van der Waals surface area contributed by atoms with Gasteiger partial charge < -0.3 is 14.7 Å². The van der Waals surface area contributed by atoms with E-state index in [2.05, 4.69) is 21.8 Å². The van der Waals surface area contributed by atoms with Crippen LogP contribution < -0.4 is 14.4 Å². The van der Waals surface area contributed by atoms with Gasteiger partial charge in [-0.2, -0.15) is 0 Å². The molecule has 2 bridgehead atoms. The first-order chi connectivity index (χ1) is 21.1. The molecule has 2 aromatic carbocycles. The molecular formula is C35H43ClN2O5S. The molecule has 2 heterocycles. The lowest BCUT2D eigenvalue weighted by atomic mass is 9.68. The Balaban J connectivity index is 1.28. The number of hydrogen-bond donors (Lipinski definition) is 2. The SMILES string of the molecule is C[C@@H]1C/C=C\C(O)[C@@H]2CC[C@H]2CN2C[C@@]3(CCCc4cc(Cl)ccc43)COc3ccc(cc32)C(=O)NS(=O)(=O)[C@H]1CC1CC1. The summed E-state index contributed by atoms with van der Waals surface area (Å²) >= 11 is 6.41. The minimum absolute atomic E-state index is 0.132. The third kappa shape index (κ3) is 5.78. The van der Waals surface area contributed by atoms with Crippen LogP contribution in [0.2, 0.25) is 5.02 Å². The maximum atomic E-state index is 13.7. The van der Waals surface area contributed by atoms with Gasteiger partial charge in [0.25, 0.3) is 5.91 Å². The summed E-state index contributed by atoms with van der Waals surface area (Å²) in [5, 5.41) is 11.3. The summed E-state index contributed by atoms with van der Waals surface area (Å²) in [4.78, 5) is 15.9. The molecular weight excluding hydrogens is 596 g/mol. The van der Waals surface area contributed by atoms with Gasteiger partial charge in [-0.05, 0) is 110 Å². The molecule has 0 radical (unpaired) electrons. The maximum absolute atomic E-state index is 13.7. The highest BCUT2D eigenvalue weighted by Crippen LogP contribution is 2.47. The van der Waals surface area contributed by atoms with E-state index >= 15 is 0 Å². The predicted octanol–water partition coefficient (Wildman–Crippen LogP) is 6.02. The number of halogens is 1. The van der Waals surface area contributed by atoms with E-state index in [1.807, 2.05) is 31.2 Å². The highest BCUT2D eigenvalue weighted by Gasteiger charge is 2.44. The van der Waals surface area contributed by atoms with Gasteiger partial charge >= 0.3 is 0 Å². The van der Waals surface area contributed by atoms with E-state index in [4.69, 9.17) is 16.3 Å². The molecule has 7 rings (SSSR count). The number of rotatable bonds is 2. The van der Waals surface area contributed by atoms with Crippen molar-refractivity contribution in [3.05, 3.63) is 70.3 Å². The number of nitrogens with zero attached hydrogens (tertiary/aromatic N) is 1. The molecule has 44 heavy (non-hydrogen) atoms. The number of aliphatic hydroxyl groups excluding tert-OH is 1. The number of hydrogen-bond acceptors (Lipinski definition) is 6. The van der Waals surface area contributed by atoms with Gasteiger partial charge in [-0.15, -0.1) is 0 Å². The van der Waals surface area contributed by atoms with Crippen molar-refractivity contribution < 1.29 is 23.1 Å². The van der Waals surface area contributed by atoms with E-state index in [1.165, 1.54) is 11.1 Å². The summed E-state index contributed by atoms with van der Waals surface area (Å²) in [6.45, 7) is 3.87. The van der Waals surface area contributed by atoms with Crippen molar-refractivity contribution >= 4 is 33.2 Å². The van der Waals surface area contributed by atoms with Crippen molar-refractivity contribution in [1.29, 1.82) is 0 Å². The normalized spacial score (nSPS) is 34.0. The topological polar surface area (TPSA) is 95.9 Å². The molecule has 1 spiro atoms. The monoisotopic (exact) mass is 638 g/mol. The Hall–Kier alpha value is -2.55. The van der Waals surface area contributed by atoms with Crippen molar-refractivity contribution in [2.24, 2.45) is 23.7 Å². The number of nitrogens with one attached hydrogen (secondary N) is 1. The molecule has 2 N–H and O–H groups in total. The number of fused-ring (bicyclic) bond motifs is 4. The lowest BCUT2D eigenvalue weighted by Crippen LogP contribution is -2.49. The minimum atomic E-state index is -3.93. The zero-order valence-electron chi connectivity index (χ0n) is 25.4. The first kappa shape index (κ1) is 30.1. The molecule has 236 valence electrons. The zero-order chi connectivity index (χ0) is 30.6. The van der Waals surface area contributed by atoms with E-state index in [0.717, 1.165) is 62.2 Å². The van der Waals surface area contributed by atoms with Gasteiger partial charge in [0, 0.05) is 29.1 Å². The first-order valence-corrected chi connectivity index (χ1v) is 18.3. The van der Waals surface area contributed by atoms with Crippen LogP contribution in [0.1, 0.15) is 79.8 Å². The maximum Gasteiger partial charge on any atom is 0.264 e. The van der Waals surface area contributed by atoms with Crippen LogP contribution in [0.15, 0.2) is 48.6 Å². The summed E-state index contributed by atoms with van der Waals surface area (Å²) < 4.78 is 36.4. The summed E-state index contributed by atoms with van der Waals surface area (Å²) in [7, 11) is -3.93. The Morgan fingerprint density at radius 1 is 1.14 bits per heavy atom. The van der Waals surface area contributed by atoms with Crippen molar-refractivity contribution in [3.63, 3.8) is 0 Å². The van der Waals surface area contributed by atoms with E-state index < -0.39 is 27.3 Å². The average Bonchev–Trinajstić information content (AvgIpc) is 3.81. The third-order valence-electron chi connectivity index (χ3n) is 11.0. The van der Waals surface area contributed by atoms with E-state index in [9.17, 15) is 18.3 Å². The number of carbonyl (C=O) groups excluding carboxylic acids is 1. The Kier molecular flexibility index (Phi) is 7.99. The second-order valence-electron chi connectivity index (χ2n) is 14.1. The molecule has 2 fully saturated rings. The summed E-state index contributed by atoms with van der Waals surface area (Å²) in [6.07, 6.45) is 11.4. The van der Waals surface area contributed by atoms with Gasteiger partial charge in [-0.1, -0.05) is 49.6 Å². The minimum Gasteiger partial charge on any atom is -0.490 e. The summed E-state index contributed by atoms with van der Waals surface area (Å²) in [5.41, 5.74) is 3.38. The number of amides is 1. The number of carbonyl (C=O) groups is 1. The standard InChI is InChI=1S/C35H43ClN2O5S/c1-22-4-2-6-31(39)28-12-9-26(28)19-38-20-35(15-3-5-24-17-27(36)11-13-29(24)35)21-43-32-14-10-25(18-30(32)38)34(40)37-44(41,42)33(22)16-23-7-8-23/h2,6,10-11,13-14,17-18,22-23,26,28,31,33,39H,3-5,7-9,12,15-16,19-21H2,1H3,(H,37,40)/b6-2-/t22-,26+,28-,31?,33+,35+/m1/s1. The highest BCUT2D eigenvalue weighted by atomic mass is 35.5. The fraction of sp³-hybridized carbons (Fsp3) is 0.571. The van der Waals surface area contributed by atoms with Crippen LogP contribution in [0, 0.1) is 23.7 Å². The Morgan fingerprint density at radius 3 is 2.75 bits per heavy atom. The molecule has 3 aliphatic carbocycles. The van der Waals surface area contributed by atoms with Crippen molar-refractivity contribution in [2.45, 2.75) is 81.5 Å². The van der Waals surface area contributed by atoms with E-state index in [-0.39, 0.29) is 23.2 Å². The van der Waals surface area contributed by atoms with Crippen LogP contribution in [0.5, 0.6) is 5.75 Å². The molecule has 0 aromatic heterocycles. The summed E-state index contributed by atoms with van der Waals surface area (Å²) in [5.74, 6) is 0.716. The molecule has 5 aliphatic rings. The first-order valence-electron chi connectivity index (χ1n) is 16.3. The van der Waals surface area contributed by atoms with Crippen LogP contribution >= 0.6 is 11.6 Å². The Morgan fingerprint density at radius 2 is 1.98 bits per heavy atom. The molecule has 6 atom stereocenters. The molecule has 7 nitrogen and oxygen atoms in total. The second-order valence-corrected chi connectivity index (χ2v) is 16.4. The van der Waals surface area contributed by atoms with Crippen molar-refractivity contribution in [2.75, 3.05) is 24.6 Å². The van der Waals surface area contributed by atoms with Crippen LogP contribution in [0.25, 0.3) is 0 Å². The highest BCUT2D eigenvalue weighted by molar-refractivity contribution is 7.90. The lowest BCUT2D eigenvalue weighted by Gasteiger charge is -2.45. The lowest BCUT2D eigenvalue weighted by molar-refractivity contribution is 0.0455. The van der Waals surface area contributed by atoms with Gasteiger partial charge in [0.1, 0.15) is 5.75 Å². The smallest absolute Gasteiger partial charge is 0.264 e. The van der Waals surface area contributed by atoms with Gasteiger partial charge in [-0.3, -0.25) is 4.79 Å². The fourth-order valence-corrected chi connectivity index (χ4v) is 10.1. The molecule has 1 unspecified atom stereocenters. The fourth-order valence-electron chi connectivity index (χ4n) is 8.15. The number of aryl methyl sites for hydroxylation is 1. The van der Waals surface area contributed by atoms with Crippen LogP contribution in [-0.2, 0) is 21.9 Å². The van der Waals surface area contributed by atoms with Crippen LogP contribution in [0.4, 0.5) is 5.69 Å². The van der Waals surface area contributed by atoms with Crippen LogP contribution in [0.3, 0.4) is 0 Å².